The van der Waals surface area contributed by atoms with Crippen LogP contribution in [0, 0.1) is 31.6 Å². The van der Waals surface area contributed by atoms with Crippen molar-refractivity contribution in [3.8, 4) is 0 Å². The highest BCUT2D eigenvalue weighted by atomic mass is 32.2. The molecule has 0 radical (unpaired) electrons. The molecule has 1 aromatic rings. The first-order chi connectivity index (χ1) is 12.7. The number of hydrogen-bond donors (Lipinski definition) is 1. The predicted molar refractivity (Wildman–Crippen MR) is 107 cm³/mol. The van der Waals surface area contributed by atoms with Crippen molar-refractivity contribution in [2.45, 2.75) is 57.9 Å². The Balaban J connectivity index is 1.55. The fraction of sp³-hybridized carbons (Fsp3) is 0.667. The summed E-state index contributed by atoms with van der Waals surface area (Å²) in [5.41, 5.74) is 2.25. The predicted octanol–water partition coefficient (Wildman–Crippen LogP) is 3.15. The number of nitrogens with zero attached hydrogens (tertiary/aromatic N) is 1. The minimum Gasteiger partial charge on any atom is -0.349 e. The van der Waals surface area contributed by atoms with Crippen molar-refractivity contribution < 1.29 is 13.2 Å². The summed E-state index contributed by atoms with van der Waals surface area (Å²) in [5.74, 6) is 2.04. The van der Waals surface area contributed by atoms with E-state index in [1.54, 1.807) is 0 Å². The zero-order chi connectivity index (χ0) is 19.4. The molecule has 0 heterocycles. The molecular weight excluding hydrogens is 360 g/mol. The van der Waals surface area contributed by atoms with Gasteiger partial charge >= 0.3 is 0 Å². The van der Waals surface area contributed by atoms with E-state index in [-0.39, 0.29) is 18.0 Å². The lowest BCUT2D eigenvalue weighted by Gasteiger charge is -2.57. The highest BCUT2D eigenvalue weighted by Crippen LogP contribution is 2.55. The number of aryl methyl sites for hydroxylation is 2. The molecule has 1 aromatic carbocycles. The molecule has 1 amide bonds. The summed E-state index contributed by atoms with van der Waals surface area (Å²) in [6.45, 7) is 3.63. The van der Waals surface area contributed by atoms with E-state index < -0.39 is 10.0 Å². The molecule has 27 heavy (non-hydrogen) atoms. The minimum absolute atomic E-state index is 0.101. The minimum atomic E-state index is -3.55. The van der Waals surface area contributed by atoms with E-state index in [1.807, 2.05) is 32.0 Å². The van der Waals surface area contributed by atoms with E-state index in [0.29, 0.717) is 5.69 Å². The summed E-state index contributed by atoms with van der Waals surface area (Å²) < 4.78 is 26.2. The van der Waals surface area contributed by atoms with Crippen molar-refractivity contribution in [3.05, 3.63) is 29.3 Å². The van der Waals surface area contributed by atoms with Gasteiger partial charge in [0.25, 0.3) is 0 Å². The number of nitrogens with one attached hydrogen (secondary N) is 1. The number of hydrogen-bond acceptors (Lipinski definition) is 3. The Bertz CT molecular complexity index is 807. The maximum absolute atomic E-state index is 13.0. The SMILES string of the molecule is Cc1cccc(C)c1N(CC(=O)NC12CC3CC(CC(C3)C1)C2)S(C)(=O)=O. The van der Waals surface area contributed by atoms with Gasteiger partial charge in [-0.15, -0.1) is 0 Å². The van der Waals surface area contributed by atoms with Crippen LogP contribution >= 0.6 is 0 Å². The normalized spacial score (nSPS) is 31.7. The molecule has 0 atom stereocenters. The quantitative estimate of drug-likeness (QED) is 0.840. The van der Waals surface area contributed by atoms with Crippen LogP contribution < -0.4 is 9.62 Å². The van der Waals surface area contributed by atoms with Crippen molar-refractivity contribution >= 4 is 21.6 Å². The molecule has 6 heteroatoms. The van der Waals surface area contributed by atoms with Crippen molar-refractivity contribution in [2.24, 2.45) is 17.8 Å². The second kappa shape index (κ2) is 6.50. The van der Waals surface area contributed by atoms with Crippen molar-refractivity contribution in [2.75, 3.05) is 17.1 Å². The lowest BCUT2D eigenvalue weighted by atomic mass is 9.53. The molecule has 5 nitrogen and oxygen atoms in total. The largest absolute Gasteiger partial charge is 0.349 e. The first kappa shape index (κ1) is 18.8. The van der Waals surface area contributed by atoms with Gasteiger partial charge in [0.15, 0.2) is 0 Å². The summed E-state index contributed by atoms with van der Waals surface area (Å²) in [4.78, 5) is 13.0. The first-order valence-electron chi connectivity index (χ1n) is 10.0. The fourth-order valence-corrected chi connectivity index (χ4v) is 7.26. The lowest BCUT2D eigenvalue weighted by Crippen LogP contribution is -2.61. The van der Waals surface area contributed by atoms with Gasteiger partial charge in [-0.05, 0) is 81.3 Å². The number of rotatable bonds is 5. The topological polar surface area (TPSA) is 66.5 Å². The third-order valence-corrected chi connectivity index (χ3v) is 7.93. The van der Waals surface area contributed by atoms with Gasteiger partial charge in [-0.2, -0.15) is 0 Å². The summed E-state index contributed by atoms with van der Waals surface area (Å²) in [7, 11) is -3.55. The second-order valence-corrected chi connectivity index (χ2v) is 11.2. The Morgan fingerprint density at radius 2 is 1.56 bits per heavy atom. The number of para-hydroxylation sites is 1. The van der Waals surface area contributed by atoms with Crippen LogP contribution in [0.4, 0.5) is 5.69 Å². The Kier molecular flexibility index (Phi) is 4.53. The second-order valence-electron chi connectivity index (χ2n) is 9.26. The van der Waals surface area contributed by atoms with Gasteiger partial charge in [0.05, 0.1) is 11.9 Å². The number of sulfonamides is 1. The molecule has 0 unspecified atom stereocenters. The number of carbonyl (C=O) groups excluding carboxylic acids is 1. The third-order valence-electron chi connectivity index (χ3n) is 6.82. The van der Waals surface area contributed by atoms with Gasteiger partial charge in [-0.1, -0.05) is 18.2 Å². The monoisotopic (exact) mass is 390 g/mol. The molecule has 0 saturated heterocycles. The smallest absolute Gasteiger partial charge is 0.241 e. The molecule has 1 N–H and O–H groups in total. The summed E-state index contributed by atoms with van der Waals surface area (Å²) in [5, 5.41) is 3.29. The van der Waals surface area contributed by atoms with Gasteiger partial charge in [0, 0.05) is 5.54 Å². The molecule has 148 valence electrons. The number of anilines is 1. The molecule has 5 rings (SSSR count). The molecule has 4 bridgehead atoms. The molecule has 4 fully saturated rings. The van der Waals surface area contributed by atoms with E-state index in [9.17, 15) is 13.2 Å². The molecule has 4 aliphatic carbocycles. The highest BCUT2D eigenvalue weighted by molar-refractivity contribution is 7.92. The van der Waals surface area contributed by atoms with Gasteiger partial charge in [0.1, 0.15) is 6.54 Å². The van der Waals surface area contributed by atoms with Crippen LogP contribution in [0.2, 0.25) is 0 Å². The standard InChI is InChI=1S/C21H30N2O3S/c1-14-5-4-6-15(2)20(14)23(27(3,25)26)13-19(24)22-21-10-16-7-17(11-21)9-18(8-16)12-21/h4-6,16-18H,7-13H2,1-3H3,(H,22,24). The Hall–Kier alpha value is -1.56. The maximum atomic E-state index is 13.0. The summed E-state index contributed by atoms with van der Waals surface area (Å²) in [6.07, 6.45) is 8.30. The van der Waals surface area contributed by atoms with Gasteiger partial charge in [-0.25, -0.2) is 8.42 Å². The Morgan fingerprint density at radius 1 is 1.07 bits per heavy atom. The third kappa shape index (κ3) is 3.60. The van der Waals surface area contributed by atoms with Crippen LogP contribution in [-0.4, -0.2) is 32.7 Å². The number of benzene rings is 1. The van der Waals surface area contributed by atoms with Crippen molar-refractivity contribution in [3.63, 3.8) is 0 Å². The van der Waals surface area contributed by atoms with Crippen LogP contribution in [0.3, 0.4) is 0 Å². The molecule has 0 aromatic heterocycles. The van der Waals surface area contributed by atoms with Gasteiger partial charge < -0.3 is 5.32 Å². The van der Waals surface area contributed by atoms with Gasteiger partial charge in [-0.3, -0.25) is 9.10 Å². The van der Waals surface area contributed by atoms with Crippen LogP contribution in [0.25, 0.3) is 0 Å². The summed E-state index contributed by atoms with van der Waals surface area (Å²) >= 11 is 0. The van der Waals surface area contributed by atoms with Crippen LogP contribution in [0.15, 0.2) is 18.2 Å². The Labute approximate surface area is 162 Å². The average molecular weight is 391 g/mol. The van der Waals surface area contributed by atoms with E-state index in [2.05, 4.69) is 5.32 Å². The fourth-order valence-electron chi connectivity index (χ4n) is 6.29. The van der Waals surface area contributed by atoms with Crippen LogP contribution in [0.5, 0.6) is 0 Å². The molecular formula is C21H30N2O3S. The molecule has 4 saturated carbocycles. The van der Waals surface area contributed by atoms with Crippen molar-refractivity contribution in [1.29, 1.82) is 0 Å². The van der Waals surface area contributed by atoms with Gasteiger partial charge in [0.2, 0.25) is 15.9 Å². The molecule has 0 spiro atoms. The number of carbonyl (C=O) groups is 1. The zero-order valence-corrected chi connectivity index (χ0v) is 17.3. The average Bonchev–Trinajstić information content (AvgIpc) is 2.50. The summed E-state index contributed by atoms with van der Waals surface area (Å²) in [6, 6.07) is 5.68. The maximum Gasteiger partial charge on any atom is 0.241 e. The van der Waals surface area contributed by atoms with Crippen LogP contribution in [0.1, 0.15) is 49.7 Å². The van der Waals surface area contributed by atoms with Crippen molar-refractivity contribution in [1.82, 2.24) is 5.32 Å². The van der Waals surface area contributed by atoms with E-state index >= 15 is 0 Å². The first-order valence-corrected chi connectivity index (χ1v) is 11.8. The van der Waals surface area contributed by atoms with E-state index in [0.717, 1.165) is 48.1 Å². The van der Waals surface area contributed by atoms with Crippen LogP contribution in [-0.2, 0) is 14.8 Å². The molecule has 4 aliphatic rings. The lowest BCUT2D eigenvalue weighted by molar-refractivity contribution is -0.125. The van der Waals surface area contributed by atoms with E-state index in [4.69, 9.17) is 0 Å². The Morgan fingerprint density at radius 3 is 2.00 bits per heavy atom. The van der Waals surface area contributed by atoms with E-state index in [1.165, 1.54) is 29.8 Å². The number of amides is 1. The highest BCUT2D eigenvalue weighted by Gasteiger charge is 2.51. The molecule has 0 aliphatic heterocycles. The zero-order valence-electron chi connectivity index (χ0n) is 16.5.